The number of esters is 1. The van der Waals surface area contributed by atoms with Gasteiger partial charge in [0.05, 0.1) is 54.4 Å². The lowest BCUT2D eigenvalue weighted by molar-refractivity contribution is -0.336. The van der Waals surface area contributed by atoms with Crippen molar-refractivity contribution in [3.63, 3.8) is 0 Å². The molecule has 0 spiro atoms. The summed E-state index contributed by atoms with van der Waals surface area (Å²) in [7, 11) is 0. The fourth-order valence-corrected chi connectivity index (χ4v) is 13.6. The van der Waals surface area contributed by atoms with E-state index in [2.05, 4.69) is 6.92 Å². The number of aromatic hydroxyl groups is 1. The first kappa shape index (κ1) is 45.6. The third-order valence-corrected chi connectivity index (χ3v) is 17.2. The molecule has 3 saturated heterocycles. The minimum atomic E-state index is -1.15. The minimum absolute atomic E-state index is 0.0251. The topological polar surface area (TPSA) is 223 Å². The van der Waals surface area contributed by atoms with Crippen molar-refractivity contribution in [2.45, 2.75) is 197 Å². The van der Waals surface area contributed by atoms with Crippen LogP contribution >= 0.6 is 0 Å². The van der Waals surface area contributed by atoms with Crippen molar-refractivity contribution in [3.05, 3.63) is 47.2 Å². The molecule has 63 heavy (non-hydrogen) atoms. The maximum absolute atomic E-state index is 12.9. The number of allylic oxidation sites excluding steroid dienone is 1. The molecule has 0 amide bonds. The number of fused-ring (bicyclic) bond motifs is 5. The zero-order chi connectivity index (χ0) is 44.7. The molecule has 4 heterocycles. The molecule has 0 bridgehead atoms. The minimum Gasteiger partial charge on any atom is -0.507 e. The highest BCUT2D eigenvalue weighted by Gasteiger charge is 2.71. The van der Waals surface area contributed by atoms with Gasteiger partial charge in [0, 0.05) is 41.9 Å². The van der Waals surface area contributed by atoms with Gasteiger partial charge in [-0.05, 0) is 113 Å². The lowest BCUT2D eigenvalue weighted by atomic mass is 9.42. The average molecular weight is 885 g/mol. The molecule has 4 saturated carbocycles. The van der Waals surface area contributed by atoms with Crippen LogP contribution in [0.25, 0.3) is 6.08 Å². The van der Waals surface area contributed by atoms with Crippen LogP contribution in [0.2, 0.25) is 0 Å². The smallest absolute Gasteiger partial charge is 0.336 e. The van der Waals surface area contributed by atoms with E-state index in [9.17, 15) is 40.5 Å². The first-order valence-electron chi connectivity index (χ1n) is 23.4. The lowest BCUT2D eigenvalue weighted by Crippen LogP contribution is -2.67. The summed E-state index contributed by atoms with van der Waals surface area (Å²) in [4.78, 5) is 12.7. The van der Waals surface area contributed by atoms with Crippen molar-refractivity contribution >= 4 is 12.0 Å². The number of aliphatic hydroxyl groups is 6. The normalized spacial score (nSPS) is 50.6. The first-order chi connectivity index (χ1) is 29.9. The van der Waals surface area contributed by atoms with Crippen molar-refractivity contribution in [2.75, 3.05) is 0 Å². The molecule has 0 aromatic heterocycles. The molecule has 4 aliphatic carbocycles. The summed E-state index contributed by atoms with van der Waals surface area (Å²) in [6, 6.07) is 6.86. The number of benzene rings is 1. The van der Waals surface area contributed by atoms with Gasteiger partial charge in [0.15, 0.2) is 18.9 Å². The Morgan fingerprint density at radius 1 is 0.714 bits per heavy atom. The van der Waals surface area contributed by atoms with E-state index in [1.807, 2.05) is 13.8 Å². The van der Waals surface area contributed by atoms with E-state index >= 15 is 0 Å². The van der Waals surface area contributed by atoms with Crippen LogP contribution < -0.4 is 0 Å². The van der Waals surface area contributed by atoms with Crippen LogP contribution in [0.3, 0.4) is 0 Å². The zero-order valence-electron chi connectivity index (χ0n) is 37.0. The molecule has 7 fully saturated rings. The molecular weight excluding hydrogens is 817 g/mol. The molecule has 7 N–H and O–H groups in total. The van der Waals surface area contributed by atoms with Gasteiger partial charge in [-0.1, -0.05) is 32.0 Å². The molecule has 4 aliphatic heterocycles. The Labute approximate surface area is 369 Å². The number of hydrogen-bond acceptors (Lipinski definition) is 15. The Kier molecular flexibility index (Phi) is 12.5. The van der Waals surface area contributed by atoms with E-state index in [-0.39, 0.29) is 54.3 Å². The summed E-state index contributed by atoms with van der Waals surface area (Å²) in [5, 5.41) is 78.2. The van der Waals surface area contributed by atoms with Gasteiger partial charge in [0.25, 0.3) is 0 Å². The predicted molar refractivity (Wildman–Crippen MR) is 224 cm³/mol. The summed E-state index contributed by atoms with van der Waals surface area (Å²) < 4.78 is 42.6. The Bertz CT molecular complexity index is 1870. The fourth-order valence-electron chi connectivity index (χ4n) is 13.6. The monoisotopic (exact) mass is 884 g/mol. The van der Waals surface area contributed by atoms with Crippen molar-refractivity contribution in [1.29, 1.82) is 0 Å². The molecular formula is C48H68O15. The van der Waals surface area contributed by atoms with Crippen molar-refractivity contribution in [2.24, 2.45) is 34.5 Å². The standard InChI is InChI=1S/C48H68O15/c1-23-43(55)34(50)20-41(57-23)62-45-25(3)59-42(22-36(45)52)63-44-24(2)58-40(21-35(44)51)60-28-12-14-46(4)27(17-28)10-11-31-32(46)19-38(53)47(5)30(13-15-48(31,47)56)29-18-39(54)61-37(29)16-26-8-6-7-9-33(26)49/h6-9,16,18,23-25,27-28,30-32,34-36,38,40-45,49-53,55-56H,10-15,17,19-22H2,1-5H3/t23?,24?,25?,27-,28+,30-,31-,32+,34-,35-,36-,38-,40+,41+,42-,43?,44?,45?,46+,47+,48+/m1/s1. The van der Waals surface area contributed by atoms with Crippen LogP contribution in [0.15, 0.2) is 41.7 Å². The molecule has 1 aromatic rings. The van der Waals surface area contributed by atoms with Crippen LogP contribution in [-0.4, -0.2) is 133 Å². The SMILES string of the molecule is CC1O[C@@H](OC2C(C)O[C@H](OC3C(C)O[C@@H](O[C@H]4CC[C@@]5(C)[C@H](CC[C@@H]6[C@@H]5C[C@@H](O)[C@]5(C)[C@@H](C7=CC(=O)OC7=Cc7ccccc7O)CC[C@]65O)C4)C[C@H]3O)C[C@H]2O)C[C@@H](O)C1O. The van der Waals surface area contributed by atoms with E-state index in [4.69, 9.17) is 33.2 Å². The molecule has 21 atom stereocenters. The number of ether oxygens (including phenoxy) is 7. The highest BCUT2D eigenvalue weighted by atomic mass is 16.7. The van der Waals surface area contributed by atoms with E-state index in [0.29, 0.717) is 42.1 Å². The summed E-state index contributed by atoms with van der Waals surface area (Å²) in [6.45, 7) is 9.56. The van der Waals surface area contributed by atoms with Crippen LogP contribution in [0.5, 0.6) is 5.75 Å². The maximum atomic E-state index is 12.9. The molecule has 15 nitrogen and oxygen atoms in total. The number of para-hydroxylation sites is 1. The number of carbonyl (C=O) groups excluding carboxylic acids is 1. The number of cyclic esters (lactones) is 1. The van der Waals surface area contributed by atoms with Gasteiger partial charge in [0.1, 0.15) is 29.8 Å². The van der Waals surface area contributed by atoms with Gasteiger partial charge in [-0.3, -0.25) is 0 Å². The zero-order valence-corrected chi connectivity index (χ0v) is 37.0. The van der Waals surface area contributed by atoms with Gasteiger partial charge in [-0.25, -0.2) is 4.79 Å². The van der Waals surface area contributed by atoms with Crippen molar-refractivity contribution < 1.29 is 73.7 Å². The molecule has 8 aliphatic rings. The molecule has 1 aromatic carbocycles. The number of rotatable bonds is 8. The summed E-state index contributed by atoms with van der Waals surface area (Å²) in [6.07, 6.45) is -0.944. The van der Waals surface area contributed by atoms with Crippen molar-refractivity contribution in [3.8, 4) is 5.75 Å². The largest absolute Gasteiger partial charge is 0.507 e. The van der Waals surface area contributed by atoms with E-state index in [1.165, 1.54) is 6.08 Å². The van der Waals surface area contributed by atoms with E-state index in [0.717, 1.165) is 32.1 Å². The number of phenolic OH excluding ortho intramolecular Hbond substituents is 1. The molecule has 350 valence electrons. The summed E-state index contributed by atoms with van der Waals surface area (Å²) in [5.41, 5.74) is -1.00. The van der Waals surface area contributed by atoms with Gasteiger partial charge in [-0.15, -0.1) is 0 Å². The first-order valence-corrected chi connectivity index (χ1v) is 23.4. The maximum Gasteiger partial charge on any atom is 0.336 e. The third kappa shape index (κ3) is 8.03. The third-order valence-electron chi connectivity index (χ3n) is 17.2. The highest BCUT2D eigenvalue weighted by molar-refractivity contribution is 5.90. The van der Waals surface area contributed by atoms with Gasteiger partial charge in [0.2, 0.25) is 0 Å². The van der Waals surface area contributed by atoms with Gasteiger partial charge in [-0.2, -0.15) is 0 Å². The predicted octanol–water partition coefficient (Wildman–Crippen LogP) is 3.96. The number of phenols is 1. The van der Waals surface area contributed by atoms with Crippen LogP contribution in [0, 0.1) is 34.5 Å². The lowest BCUT2D eigenvalue weighted by Gasteiger charge is -2.65. The average Bonchev–Trinajstić information content (AvgIpc) is 3.73. The van der Waals surface area contributed by atoms with Crippen LogP contribution in [-0.2, 0) is 38.0 Å². The molecule has 9 rings (SSSR count). The number of aliphatic hydroxyl groups excluding tert-OH is 5. The van der Waals surface area contributed by atoms with Crippen LogP contribution in [0.1, 0.15) is 111 Å². The van der Waals surface area contributed by atoms with Gasteiger partial charge >= 0.3 is 5.97 Å². The molecule has 6 unspecified atom stereocenters. The number of carbonyl (C=O) groups is 1. The summed E-state index contributed by atoms with van der Waals surface area (Å²) in [5.74, 6) is -0.00251. The quantitative estimate of drug-likeness (QED) is 0.145. The second-order valence-electron chi connectivity index (χ2n) is 20.6. The summed E-state index contributed by atoms with van der Waals surface area (Å²) >= 11 is 0. The fraction of sp³-hybridized carbons (Fsp3) is 0.771. The number of hydrogen-bond donors (Lipinski definition) is 7. The second kappa shape index (κ2) is 17.3. The van der Waals surface area contributed by atoms with E-state index in [1.54, 1.807) is 44.2 Å². The van der Waals surface area contributed by atoms with Gasteiger partial charge < -0.3 is 68.9 Å². The Balaban J connectivity index is 0.797. The second-order valence-corrected chi connectivity index (χ2v) is 20.6. The van der Waals surface area contributed by atoms with Crippen LogP contribution in [0.4, 0.5) is 0 Å². The Morgan fingerprint density at radius 3 is 1.97 bits per heavy atom. The van der Waals surface area contributed by atoms with Crippen molar-refractivity contribution in [1.82, 2.24) is 0 Å². The molecule has 15 heteroatoms. The Hall–Kier alpha value is -2.51. The van der Waals surface area contributed by atoms with E-state index < -0.39 is 96.9 Å². The molecule has 0 radical (unpaired) electrons. The highest BCUT2D eigenvalue weighted by Crippen LogP contribution is 2.70. The Morgan fingerprint density at radius 2 is 1.33 bits per heavy atom.